The van der Waals surface area contributed by atoms with E-state index in [0.29, 0.717) is 11.6 Å². The van der Waals surface area contributed by atoms with Crippen LogP contribution in [0.15, 0.2) is 18.2 Å². The number of nitrogens with two attached hydrogens (primary N) is 1. The number of hydrogen-bond acceptors (Lipinski definition) is 2. The molecular weight excluding hydrogens is 215 g/mol. The lowest BCUT2D eigenvalue weighted by Crippen LogP contribution is -2.35. The topological polar surface area (TPSA) is 29.3 Å². The van der Waals surface area contributed by atoms with Gasteiger partial charge in [-0.05, 0) is 31.4 Å². The highest BCUT2D eigenvalue weighted by Gasteiger charge is 2.20. The Morgan fingerprint density at radius 1 is 1.18 bits per heavy atom. The van der Waals surface area contributed by atoms with Crippen molar-refractivity contribution in [2.24, 2.45) is 11.7 Å². The van der Waals surface area contributed by atoms with Crippen LogP contribution in [0.2, 0.25) is 0 Å². The summed E-state index contributed by atoms with van der Waals surface area (Å²) in [5.41, 5.74) is 7.39. The van der Waals surface area contributed by atoms with Crippen molar-refractivity contribution in [2.45, 2.75) is 39.8 Å². The van der Waals surface area contributed by atoms with Crippen LogP contribution in [-0.4, -0.2) is 13.1 Å². The molecule has 0 amide bonds. The summed E-state index contributed by atoms with van der Waals surface area (Å²) in [6.07, 6.45) is 0. The lowest BCUT2D eigenvalue weighted by Gasteiger charge is -2.32. The van der Waals surface area contributed by atoms with Crippen LogP contribution in [0.5, 0.6) is 0 Å². The van der Waals surface area contributed by atoms with Gasteiger partial charge in [-0.2, -0.15) is 0 Å². The Balaban J connectivity index is 3.20. The zero-order chi connectivity index (χ0) is 13.2. The number of benzene rings is 1. The lowest BCUT2D eigenvalue weighted by molar-refractivity contribution is 0.495. The van der Waals surface area contributed by atoms with Gasteiger partial charge in [0, 0.05) is 19.1 Å². The number of hydrogen-bond donors (Lipinski definition) is 1. The first-order chi connectivity index (χ1) is 7.86. The van der Waals surface area contributed by atoms with Crippen molar-refractivity contribution >= 4 is 5.69 Å². The monoisotopic (exact) mass is 238 g/mol. The summed E-state index contributed by atoms with van der Waals surface area (Å²) < 4.78 is 14.0. The van der Waals surface area contributed by atoms with Gasteiger partial charge < -0.3 is 10.6 Å². The molecule has 1 rings (SSSR count). The summed E-state index contributed by atoms with van der Waals surface area (Å²) >= 11 is 0. The predicted molar refractivity (Wildman–Crippen MR) is 71.7 cm³/mol. The van der Waals surface area contributed by atoms with Crippen LogP contribution in [0.1, 0.15) is 39.3 Å². The van der Waals surface area contributed by atoms with Gasteiger partial charge in [-0.15, -0.1) is 0 Å². The van der Waals surface area contributed by atoms with Crippen molar-refractivity contribution in [1.29, 1.82) is 0 Å². The smallest absolute Gasteiger partial charge is 0.146 e. The predicted octanol–water partition coefficient (Wildman–Crippen LogP) is 3.33. The Morgan fingerprint density at radius 3 is 2.24 bits per heavy atom. The van der Waals surface area contributed by atoms with Crippen molar-refractivity contribution in [3.05, 3.63) is 29.6 Å². The normalized spacial score (nSPS) is 14.8. The fourth-order valence-electron chi connectivity index (χ4n) is 1.92. The molecule has 2 unspecified atom stereocenters. The second-order valence-electron chi connectivity index (χ2n) is 5.06. The molecule has 0 bridgehead atoms. The molecule has 0 aliphatic rings. The van der Waals surface area contributed by atoms with E-state index < -0.39 is 0 Å². The van der Waals surface area contributed by atoms with Crippen LogP contribution in [0.4, 0.5) is 10.1 Å². The molecule has 2 nitrogen and oxygen atoms in total. The highest BCUT2D eigenvalue weighted by atomic mass is 19.1. The second-order valence-corrected chi connectivity index (χ2v) is 5.06. The third-order valence-electron chi connectivity index (χ3n) is 3.44. The van der Waals surface area contributed by atoms with Crippen LogP contribution in [0.25, 0.3) is 0 Å². The van der Waals surface area contributed by atoms with E-state index in [1.807, 2.05) is 24.9 Å². The third kappa shape index (κ3) is 2.97. The number of nitrogens with zero attached hydrogens (tertiary/aromatic N) is 1. The molecule has 0 aliphatic carbocycles. The Bertz CT molecular complexity index is 374. The van der Waals surface area contributed by atoms with E-state index in [2.05, 4.69) is 20.8 Å². The first-order valence-corrected chi connectivity index (χ1v) is 6.13. The van der Waals surface area contributed by atoms with Crippen molar-refractivity contribution in [3.8, 4) is 0 Å². The summed E-state index contributed by atoms with van der Waals surface area (Å²) in [6, 6.07) is 5.20. The summed E-state index contributed by atoms with van der Waals surface area (Å²) in [5.74, 6) is 0.260. The van der Waals surface area contributed by atoms with Gasteiger partial charge in [0.15, 0.2) is 0 Å². The Kier molecular flexibility index (Phi) is 4.52. The molecule has 0 fully saturated rings. The fraction of sp³-hybridized carbons (Fsp3) is 0.571. The van der Waals surface area contributed by atoms with Crippen LogP contribution in [0.3, 0.4) is 0 Å². The molecule has 0 spiro atoms. The minimum absolute atomic E-state index is 0.164. The first kappa shape index (κ1) is 14.0. The van der Waals surface area contributed by atoms with Gasteiger partial charge >= 0.3 is 0 Å². The van der Waals surface area contributed by atoms with E-state index in [1.165, 1.54) is 6.07 Å². The standard InChI is InChI=1S/C14H23FN2/c1-9(2)11(4)17(5)14-12(10(3)16)7-6-8-13(14)15/h6-11H,16H2,1-5H3. The molecule has 0 radical (unpaired) electrons. The third-order valence-corrected chi connectivity index (χ3v) is 3.44. The molecule has 3 heteroatoms. The highest BCUT2D eigenvalue weighted by molar-refractivity contribution is 5.56. The summed E-state index contributed by atoms with van der Waals surface area (Å²) in [7, 11) is 1.93. The maximum Gasteiger partial charge on any atom is 0.146 e. The van der Waals surface area contributed by atoms with Gasteiger partial charge in [0.05, 0.1) is 5.69 Å². The van der Waals surface area contributed by atoms with E-state index in [9.17, 15) is 4.39 Å². The molecule has 17 heavy (non-hydrogen) atoms. The fourth-order valence-corrected chi connectivity index (χ4v) is 1.92. The highest BCUT2D eigenvalue weighted by Crippen LogP contribution is 2.30. The first-order valence-electron chi connectivity index (χ1n) is 6.13. The molecule has 2 N–H and O–H groups in total. The van der Waals surface area contributed by atoms with Crippen LogP contribution < -0.4 is 10.6 Å². The minimum atomic E-state index is -0.199. The average molecular weight is 238 g/mol. The molecule has 2 atom stereocenters. The molecule has 0 saturated carbocycles. The Hall–Kier alpha value is -1.09. The molecule has 96 valence electrons. The number of halogens is 1. The van der Waals surface area contributed by atoms with Gasteiger partial charge in [-0.1, -0.05) is 26.0 Å². The number of rotatable bonds is 4. The SMILES string of the molecule is CC(N)c1cccc(F)c1N(C)C(C)C(C)C. The minimum Gasteiger partial charge on any atom is -0.369 e. The van der Waals surface area contributed by atoms with Crippen LogP contribution >= 0.6 is 0 Å². The molecule has 0 aromatic heterocycles. The summed E-state index contributed by atoms with van der Waals surface area (Å²) in [4.78, 5) is 1.98. The maximum absolute atomic E-state index is 14.0. The van der Waals surface area contributed by atoms with Crippen molar-refractivity contribution in [3.63, 3.8) is 0 Å². The number of anilines is 1. The largest absolute Gasteiger partial charge is 0.369 e. The van der Waals surface area contributed by atoms with Crippen LogP contribution in [0, 0.1) is 11.7 Å². The maximum atomic E-state index is 14.0. The molecule has 0 saturated heterocycles. The van der Waals surface area contributed by atoms with E-state index in [0.717, 1.165) is 5.56 Å². The zero-order valence-corrected chi connectivity index (χ0v) is 11.4. The quantitative estimate of drug-likeness (QED) is 0.871. The van der Waals surface area contributed by atoms with Gasteiger partial charge in [0.1, 0.15) is 5.82 Å². The van der Waals surface area contributed by atoms with Crippen molar-refractivity contribution in [1.82, 2.24) is 0 Å². The van der Waals surface area contributed by atoms with E-state index in [1.54, 1.807) is 6.07 Å². The second kappa shape index (κ2) is 5.50. The number of para-hydroxylation sites is 1. The zero-order valence-electron chi connectivity index (χ0n) is 11.4. The van der Waals surface area contributed by atoms with E-state index in [4.69, 9.17) is 5.73 Å². The van der Waals surface area contributed by atoms with Gasteiger partial charge in [0.25, 0.3) is 0 Å². The van der Waals surface area contributed by atoms with Crippen LogP contribution in [-0.2, 0) is 0 Å². The van der Waals surface area contributed by atoms with Gasteiger partial charge in [-0.3, -0.25) is 0 Å². The Labute approximate surface area is 104 Å². The van der Waals surface area contributed by atoms with Gasteiger partial charge in [0.2, 0.25) is 0 Å². The summed E-state index contributed by atoms with van der Waals surface area (Å²) in [6.45, 7) is 8.25. The average Bonchev–Trinajstić information content (AvgIpc) is 2.26. The van der Waals surface area contributed by atoms with Crippen molar-refractivity contribution < 1.29 is 4.39 Å². The molecule has 0 aliphatic heterocycles. The molecular formula is C14H23FN2. The van der Waals surface area contributed by atoms with Crippen molar-refractivity contribution in [2.75, 3.05) is 11.9 Å². The Morgan fingerprint density at radius 2 is 1.76 bits per heavy atom. The van der Waals surface area contributed by atoms with Gasteiger partial charge in [-0.25, -0.2) is 4.39 Å². The summed E-state index contributed by atoms with van der Waals surface area (Å²) in [5, 5.41) is 0. The van der Waals surface area contributed by atoms with E-state index in [-0.39, 0.29) is 17.9 Å². The van der Waals surface area contributed by atoms with E-state index >= 15 is 0 Å². The molecule has 1 aromatic rings. The molecule has 0 heterocycles. The molecule has 1 aromatic carbocycles. The lowest BCUT2D eigenvalue weighted by atomic mass is 10.0.